The number of aliphatic hydroxyl groups is 1. The summed E-state index contributed by atoms with van der Waals surface area (Å²) in [7, 11) is 3.04. The van der Waals surface area contributed by atoms with Crippen molar-refractivity contribution in [3.05, 3.63) is 16.3 Å². The van der Waals surface area contributed by atoms with Crippen LogP contribution in [0.1, 0.15) is 23.5 Å². The van der Waals surface area contributed by atoms with E-state index < -0.39 is 11.6 Å². The molecule has 0 aliphatic rings. The van der Waals surface area contributed by atoms with Crippen molar-refractivity contribution in [1.82, 2.24) is 4.90 Å². The molecule has 1 rings (SSSR count). The van der Waals surface area contributed by atoms with Gasteiger partial charge in [-0.2, -0.15) is 0 Å². The van der Waals surface area contributed by atoms with E-state index in [0.29, 0.717) is 17.1 Å². The molecular weight excluding hydrogens is 280 g/mol. The molecule has 0 saturated heterocycles. The summed E-state index contributed by atoms with van der Waals surface area (Å²) < 4.78 is 4.64. The number of anilines is 1. The quantitative estimate of drug-likeness (QED) is 0.771. The number of esters is 1. The first-order valence-electron chi connectivity index (χ1n) is 6.09. The Balaban J connectivity index is 2.59. The standard InChI is InChI=1S/C13H20N2O4S/c1-13(2,18)8-15(3)7-10(16)14-9-5-6-20-11(9)12(17)19-4/h5-6,18H,7-8H2,1-4H3,(H,14,16). The second-order valence-electron chi connectivity index (χ2n) is 5.19. The van der Waals surface area contributed by atoms with Gasteiger partial charge in [0.05, 0.1) is 24.9 Å². The Kier molecular flexibility index (Phi) is 5.67. The second kappa shape index (κ2) is 6.83. The number of carbonyl (C=O) groups is 2. The lowest BCUT2D eigenvalue weighted by Crippen LogP contribution is -2.40. The molecule has 0 saturated carbocycles. The molecule has 1 amide bonds. The zero-order chi connectivity index (χ0) is 15.3. The van der Waals surface area contributed by atoms with Crippen LogP contribution >= 0.6 is 11.3 Å². The number of nitrogens with one attached hydrogen (secondary N) is 1. The number of carbonyl (C=O) groups excluding carboxylic acids is 2. The largest absolute Gasteiger partial charge is 0.465 e. The number of likely N-dealkylation sites (N-methyl/N-ethyl adjacent to an activating group) is 1. The average molecular weight is 300 g/mol. The Bertz CT molecular complexity index is 479. The molecule has 112 valence electrons. The molecule has 1 heterocycles. The normalized spacial score (nSPS) is 11.5. The van der Waals surface area contributed by atoms with Crippen molar-refractivity contribution in [2.24, 2.45) is 0 Å². The van der Waals surface area contributed by atoms with E-state index in [4.69, 9.17) is 0 Å². The van der Waals surface area contributed by atoms with Gasteiger partial charge in [-0.25, -0.2) is 4.79 Å². The van der Waals surface area contributed by atoms with Crippen molar-refractivity contribution in [3.63, 3.8) is 0 Å². The smallest absolute Gasteiger partial charge is 0.350 e. The lowest BCUT2D eigenvalue weighted by Gasteiger charge is -2.24. The second-order valence-corrected chi connectivity index (χ2v) is 6.10. The van der Waals surface area contributed by atoms with Crippen LogP contribution < -0.4 is 5.32 Å². The molecule has 0 unspecified atom stereocenters. The fourth-order valence-electron chi connectivity index (χ4n) is 1.81. The summed E-state index contributed by atoms with van der Waals surface area (Å²) in [6, 6.07) is 1.66. The highest BCUT2D eigenvalue weighted by Gasteiger charge is 2.19. The van der Waals surface area contributed by atoms with E-state index in [0.717, 1.165) is 0 Å². The van der Waals surface area contributed by atoms with Gasteiger partial charge in [0.25, 0.3) is 0 Å². The Labute approximate surface area is 122 Å². The van der Waals surface area contributed by atoms with Crippen molar-refractivity contribution < 1.29 is 19.4 Å². The van der Waals surface area contributed by atoms with Gasteiger partial charge in [0.1, 0.15) is 4.88 Å². The molecule has 1 aromatic rings. The van der Waals surface area contributed by atoms with Crippen LogP contribution in [0.15, 0.2) is 11.4 Å². The summed E-state index contributed by atoms with van der Waals surface area (Å²) in [6.07, 6.45) is 0. The number of ether oxygens (including phenoxy) is 1. The van der Waals surface area contributed by atoms with Crippen LogP contribution in [0.4, 0.5) is 5.69 Å². The number of amides is 1. The van der Waals surface area contributed by atoms with Gasteiger partial charge in [0, 0.05) is 6.54 Å². The fourth-order valence-corrected chi connectivity index (χ4v) is 2.58. The average Bonchev–Trinajstić information content (AvgIpc) is 2.73. The maximum Gasteiger partial charge on any atom is 0.350 e. The van der Waals surface area contributed by atoms with Gasteiger partial charge < -0.3 is 15.2 Å². The molecule has 0 spiro atoms. The maximum atomic E-state index is 11.9. The lowest BCUT2D eigenvalue weighted by molar-refractivity contribution is -0.117. The molecule has 20 heavy (non-hydrogen) atoms. The van der Waals surface area contributed by atoms with Gasteiger partial charge in [-0.1, -0.05) is 0 Å². The third-order valence-corrected chi connectivity index (χ3v) is 3.27. The van der Waals surface area contributed by atoms with Crippen LogP contribution in [0.3, 0.4) is 0 Å². The van der Waals surface area contributed by atoms with Crippen molar-refractivity contribution in [2.45, 2.75) is 19.4 Å². The van der Waals surface area contributed by atoms with Crippen LogP contribution in [0.25, 0.3) is 0 Å². The van der Waals surface area contributed by atoms with Gasteiger partial charge in [0.2, 0.25) is 5.91 Å². The maximum absolute atomic E-state index is 11.9. The van der Waals surface area contributed by atoms with Crippen LogP contribution in [-0.4, -0.2) is 54.7 Å². The van der Waals surface area contributed by atoms with Gasteiger partial charge in [-0.05, 0) is 32.3 Å². The first-order valence-corrected chi connectivity index (χ1v) is 6.97. The predicted molar refractivity (Wildman–Crippen MR) is 78.1 cm³/mol. The highest BCUT2D eigenvalue weighted by Crippen LogP contribution is 2.23. The van der Waals surface area contributed by atoms with E-state index in [9.17, 15) is 14.7 Å². The molecule has 0 aliphatic carbocycles. The van der Waals surface area contributed by atoms with Crippen molar-refractivity contribution in [3.8, 4) is 0 Å². The molecule has 0 atom stereocenters. The summed E-state index contributed by atoms with van der Waals surface area (Å²) in [5.41, 5.74) is -0.419. The van der Waals surface area contributed by atoms with Gasteiger partial charge >= 0.3 is 5.97 Å². The highest BCUT2D eigenvalue weighted by atomic mass is 32.1. The summed E-state index contributed by atoms with van der Waals surface area (Å²) in [5.74, 6) is -0.722. The fraction of sp³-hybridized carbons (Fsp3) is 0.538. The first-order chi connectivity index (χ1) is 9.23. The molecule has 0 radical (unpaired) electrons. The van der Waals surface area contributed by atoms with E-state index in [1.165, 1.54) is 18.4 Å². The van der Waals surface area contributed by atoms with Crippen molar-refractivity contribution in [2.75, 3.05) is 32.6 Å². The zero-order valence-electron chi connectivity index (χ0n) is 12.1. The number of rotatable bonds is 6. The van der Waals surface area contributed by atoms with Crippen molar-refractivity contribution >= 4 is 28.9 Å². The monoisotopic (exact) mass is 300 g/mol. The van der Waals surface area contributed by atoms with Crippen LogP contribution in [0.5, 0.6) is 0 Å². The molecular formula is C13H20N2O4S. The minimum atomic E-state index is -0.866. The van der Waals surface area contributed by atoms with Crippen molar-refractivity contribution in [1.29, 1.82) is 0 Å². The topological polar surface area (TPSA) is 78.9 Å². The van der Waals surface area contributed by atoms with Gasteiger partial charge in [0.15, 0.2) is 0 Å². The third kappa shape index (κ3) is 5.28. The Morgan fingerprint density at radius 3 is 2.70 bits per heavy atom. The number of thiophene rings is 1. The summed E-state index contributed by atoms with van der Waals surface area (Å²) >= 11 is 1.21. The molecule has 0 bridgehead atoms. The molecule has 0 aliphatic heterocycles. The predicted octanol–water partition coefficient (Wildman–Crippen LogP) is 1.18. The van der Waals surface area contributed by atoms with E-state index >= 15 is 0 Å². The van der Waals surface area contributed by atoms with Gasteiger partial charge in [-0.15, -0.1) is 11.3 Å². The van der Waals surface area contributed by atoms with Crippen LogP contribution in [0, 0.1) is 0 Å². The SMILES string of the molecule is COC(=O)c1sccc1NC(=O)CN(C)CC(C)(C)O. The molecule has 0 aromatic carbocycles. The molecule has 2 N–H and O–H groups in total. The van der Waals surface area contributed by atoms with E-state index in [-0.39, 0.29) is 12.5 Å². The summed E-state index contributed by atoms with van der Waals surface area (Å²) in [4.78, 5) is 25.4. The van der Waals surface area contributed by atoms with Crippen LogP contribution in [0.2, 0.25) is 0 Å². The summed E-state index contributed by atoms with van der Waals surface area (Å²) in [6.45, 7) is 3.85. The third-order valence-electron chi connectivity index (χ3n) is 2.38. The molecule has 6 nitrogen and oxygen atoms in total. The Morgan fingerprint density at radius 2 is 2.15 bits per heavy atom. The number of hydrogen-bond acceptors (Lipinski definition) is 6. The number of methoxy groups -OCH3 is 1. The van der Waals surface area contributed by atoms with Crippen LogP contribution in [-0.2, 0) is 9.53 Å². The van der Waals surface area contributed by atoms with E-state index in [1.807, 2.05) is 0 Å². The Hall–Kier alpha value is -1.44. The minimum Gasteiger partial charge on any atom is -0.465 e. The van der Waals surface area contributed by atoms with E-state index in [1.54, 1.807) is 37.2 Å². The van der Waals surface area contributed by atoms with E-state index in [2.05, 4.69) is 10.1 Å². The van der Waals surface area contributed by atoms with Gasteiger partial charge in [-0.3, -0.25) is 9.69 Å². The minimum absolute atomic E-state index is 0.125. The molecule has 7 heteroatoms. The lowest BCUT2D eigenvalue weighted by atomic mass is 10.1. The highest BCUT2D eigenvalue weighted by molar-refractivity contribution is 7.12. The summed E-state index contributed by atoms with van der Waals surface area (Å²) in [5, 5.41) is 14.1. The Morgan fingerprint density at radius 1 is 1.50 bits per heavy atom. The first kappa shape index (κ1) is 16.6. The zero-order valence-corrected chi connectivity index (χ0v) is 12.9. The number of hydrogen-bond donors (Lipinski definition) is 2. The molecule has 1 aromatic heterocycles. The molecule has 0 fully saturated rings. The number of nitrogens with zero attached hydrogens (tertiary/aromatic N) is 1.